The van der Waals surface area contributed by atoms with Gasteiger partial charge in [0.2, 0.25) is 0 Å². The summed E-state index contributed by atoms with van der Waals surface area (Å²) in [4.78, 5) is 11.6. The summed E-state index contributed by atoms with van der Waals surface area (Å²) in [5, 5.41) is 9.28. The van der Waals surface area contributed by atoms with Gasteiger partial charge in [-0.1, -0.05) is 0 Å². The number of aromatic nitrogens is 2. The van der Waals surface area contributed by atoms with E-state index in [1.54, 1.807) is 0 Å². The summed E-state index contributed by atoms with van der Waals surface area (Å²) in [6, 6.07) is 5.56. The molecule has 0 spiro atoms. The first-order valence-electron chi connectivity index (χ1n) is 4.92. The van der Waals surface area contributed by atoms with Gasteiger partial charge in [0.25, 0.3) is 5.91 Å². The Balaban J connectivity index is 2.18. The van der Waals surface area contributed by atoms with Gasteiger partial charge >= 0.3 is 0 Å². The minimum atomic E-state index is -0.869. The molecular formula is C11H8F2N4O. The molecule has 5 nitrogen and oxygen atoms in total. The summed E-state index contributed by atoms with van der Waals surface area (Å²) in [5.74, 6) is -2.09. The van der Waals surface area contributed by atoms with Crippen molar-refractivity contribution < 1.29 is 13.6 Å². The predicted molar refractivity (Wildman–Crippen MR) is 60.8 cm³/mol. The van der Waals surface area contributed by atoms with Gasteiger partial charge in [-0.3, -0.25) is 4.79 Å². The molecule has 2 aromatic rings. The molecule has 0 atom stereocenters. The van der Waals surface area contributed by atoms with Crippen LogP contribution in [0.5, 0.6) is 0 Å². The highest BCUT2D eigenvalue weighted by atomic mass is 19.1. The van der Waals surface area contributed by atoms with Gasteiger partial charge in [-0.25, -0.2) is 8.78 Å². The number of benzene rings is 1. The Labute approximate surface area is 101 Å². The topological polar surface area (TPSA) is 80.9 Å². The number of anilines is 2. The number of carbonyl (C=O) groups excluding carboxylic acids is 1. The lowest BCUT2D eigenvalue weighted by atomic mass is 10.2. The van der Waals surface area contributed by atoms with Crippen LogP contribution < -0.4 is 11.1 Å². The van der Waals surface area contributed by atoms with Crippen molar-refractivity contribution in [3.8, 4) is 0 Å². The van der Waals surface area contributed by atoms with Crippen LogP contribution in [0, 0.1) is 11.6 Å². The summed E-state index contributed by atoms with van der Waals surface area (Å²) >= 11 is 0. The Morgan fingerprint density at radius 1 is 1.17 bits per heavy atom. The van der Waals surface area contributed by atoms with Gasteiger partial charge in [0.1, 0.15) is 17.5 Å². The first-order valence-corrected chi connectivity index (χ1v) is 4.92. The van der Waals surface area contributed by atoms with Crippen LogP contribution in [0.25, 0.3) is 0 Å². The molecule has 0 bridgehead atoms. The van der Waals surface area contributed by atoms with Crippen molar-refractivity contribution in [1.29, 1.82) is 0 Å². The van der Waals surface area contributed by atoms with Crippen molar-refractivity contribution in [1.82, 2.24) is 10.2 Å². The number of rotatable bonds is 2. The van der Waals surface area contributed by atoms with Gasteiger partial charge in [-0.2, -0.15) is 0 Å². The zero-order valence-electron chi connectivity index (χ0n) is 9.02. The third-order valence-electron chi connectivity index (χ3n) is 2.10. The fraction of sp³-hybridized carbons (Fsp3) is 0. The maximum Gasteiger partial charge on any atom is 0.276 e. The Morgan fingerprint density at radius 2 is 1.94 bits per heavy atom. The molecule has 0 unspecified atom stereocenters. The van der Waals surface area contributed by atoms with E-state index < -0.39 is 17.5 Å². The molecule has 0 aliphatic heterocycles. The smallest absolute Gasteiger partial charge is 0.276 e. The third-order valence-corrected chi connectivity index (χ3v) is 2.10. The van der Waals surface area contributed by atoms with E-state index in [9.17, 15) is 13.6 Å². The van der Waals surface area contributed by atoms with Crippen LogP contribution in [0.4, 0.5) is 20.3 Å². The summed E-state index contributed by atoms with van der Waals surface area (Å²) in [5.41, 5.74) is 5.15. The lowest BCUT2D eigenvalue weighted by Crippen LogP contribution is -2.15. The van der Waals surface area contributed by atoms with Crippen LogP contribution in [0.3, 0.4) is 0 Å². The van der Waals surface area contributed by atoms with Crippen LogP contribution in [-0.2, 0) is 0 Å². The van der Waals surface area contributed by atoms with E-state index in [1.807, 2.05) is 0 Å². The number of nitrogen functional groups attached to an aromatic ring is 1. The molecule has 0 saturated carbocycles. The van der Waals surface area contributed by atoms with Crippen LogP contribution in [-0.4, -0.2) is 16.1 Å². The maximum atomic E-state index is 13.3. The Kier molecular flexibility index (Phi) is 3.13. The quantitative estimate of drug-likeness (QED) is 0.848. The number of nitrogens with zero attached hydrogens (tertiary/aromatic N) is 2. The van der Waals surface area contributed by atoms with E-state index in [0.29, 0.717) is 6.07 Å². The van der Waals surface area contributed by atoms with Crippen molar-refractivity contribution >= 4 is 17.4 Å². The molecule has 18 heavy (non-hydrogen) atoms. The number of hydrogen-bond acceptors (Lipinski definition) is 4. The second-order valence-electron chi connectivity index (χ2n) is 3.42. The number of nitrogens with two attached hydrogens (primary N) is 1. The molecule has 1 heterocycles. The van der Waals surface area contributed by atoms with Crippen molar-refractivity contribution in [2.75, 3.05) is 11.1 Å². The van der Waals surface area contributed by atoms with Gasteiger partial charge in [-0.05, 0) is 24.3 Å². The average Bonchev–Trinajstić information content (AvgIpc) is 2.33. The van der Waals surface area contributed by atoms with Crippen molar-refractivity contribution in [2.45, 2.75) is 0 Å². The van der Waals surface area contributed by atoms with Gasteiger partial charge in [0.15, 0.2) is 5.69 Å². The van der Waals surface area contributed by atoms with Crippen molar-refractivity contribution in [3.05, 3.63) is 47.7 Å². The largest absolute Gasteiger partial charge is 0.382 e. The third kappa shape index (κ3) is 2.57. The van der Waals surface area contributed by atoms with E-state index in [-0.39, 0.29) is 17.2 Å². The molecule has 2 rings (SSSR count). The standard InChI is InChI=1S/C11H8F2N4O/c12-6-1-2-8(7(13)5-6)15-11(18)9-3-4-10(14)17-16-9/h1-5H,(H2,14,17)(H,15,18). The molecule has 1 aromatic carbocycles. The van der Waals surface area contributed by atoms with E-state index in [2.05, 4.69) is 15.5 Å². The Morgan fingerprint density at radius 3 is 2.56 bits per heavy atom. The lowest BCUT2D eigenvalue weighted by Gasteiger charge is -2.05. The SMILES string of the molecule is Nc1ccc(C(=O)Nc2ccc(F)cc2F)nn1. The van der Waals surface area contributed by atoms with Crippen molar-refractivity contribution in [3.63, 3.8) is 0 Å². The number of hydrogen-bond donors (Lipinski definition) is 2. The molecule has 0 radical (unpaired) electrons. The normalized spacial score (nSPS) is 10.1. The highest BCUT2D eigenvalue weighted by Gasteiger charge is 2.11. The average molecular weight is 250 g/mol. The van der Waals surface area contributed by atoms with E-state index >= 15 is 0 Å². The van der Waals surface area contributed by atoms with E-state index in [1.165, 1.54) is 12.1 Å². The van der Waals surface area contributed by atoms with Gasteiger partial charge in [0.05, 0.1) is 5.69 Å². The van der Waals surface area contributed by atoms with Crippen LogP contribution in [0.2, 0.25) is 0 Å². The lowest BCUT2D eigenvalue weighted by molar-refractivity contribution is 0.102. The molecule has 0 aliphatic rings. The summed E-state index contributed by atoms with van der Waals surface area (Å²) in [6.45, 7) is 0. The molecule has 1 aromatic heterocycles. The highest BCUT2D eigenvalue weighted by Crippen LogP contribution is 2.15. The number of amides is 1. The molecule has 0 aliphatic carbocycles. The molecule has 92 valence electrons. The van der Waals surface area contributed by atoms with Crippen LogP contribution >= 0.6 is 0 Å². The van der Waals surface area contributed by atoms with Crippen LogP contribution in [0.1, 0.15) is 10.5 Å². The fourth-order valence-electron chi connectivity index (χ4n) is 1.24. The highest BCUT2D eigenvalue weighted by molar-refractivity contribution is 6.02. The minimum Gasteiger partial charge on any atom is -0.382 e. The summed E-state index contributed by atoms with van der Waals surface area (Å²) in [7, 11) is 0. The predicted octanol–water partition coefficient (Wildman–Crippen LogP) is 1.59. The zero-order chi connectivity index (χ0) is 13.1. The zero-order valence-corrected chi connectivity index (χ0v) is 9.02. The first-order chi connectivity index (χ1) is 8.56. The van der Waals surface area contributed by atoms with Crippen LogP contribution in [0.15, 0.2) is 30.3 Å². The molecule has 3 N–H and O–H groups in total. The fourth-order valence-corrected chi connectivity index (χ4v) is 1.24. The summed E-state index contributed by atoms with van der Waals surface area (Å²) < 4.78 is 25.9. The van der Waals surface area contributed by atoms with Gasteiger partial charge in [0, 0.05) is 6.07 Å². The van der Waals surface area contributed by atoms with Gasteiger partial charge in [-0.15, -0.1) is 10.2 Å². The van der Waals surface area contributed by atoms with E-state index in [4.69, 9.17) is 5.73 Å². The molecule has 7 heteroatoms. The molecule has 0 saturated heterocycles. The molecule has 0 fully saturated rings. The maximum absolute atomic E-state index is 13.3. The number of halogens is 2. The molecule has 1 amide bonds. The number of nitrogens with one attached hydrogen (secondary N) is 1. The summed E-state index contributed by atoms with van der Waals surface area (Å²) in [6.07, 6.45) is 0. The van der Waals surface area contributed by atoms with E-state index in [0.717, 1.165) is 12.1 Å². The Bertz CT molecular complexity index is 586. The van der Waals surface area contributed by atoms with Gasteiger partial charge < -0.3 is 11.1 Å². The second-order valence-corrected chi connectivity index (χ2v) is 3.42. The monoisotopic (exact) mass is 250 g/mol. The second kappa shape index (κ2) is 4.74. The molecular weight excluding hydrogens is 242 g/mol. The number of carbonyl (C=O) groups is 1. The first kappa shape index (κ1) is 11.9. The van der Waals surface area contributed by atoms with Crippen molar-refractivity contribution in [2.24, 2.45) is 0 Å². The minimum absolute atomic E-state index is 0.0204. The Hall–Kier alpha value is -2.57.